The van der Waals surface area contributed by atoms with E-state index in [9.17, 15) is 0 Å². The van der Waals surface area contributed by atoms with Gasteiger partial charge in [-0.3, -0.25) is 15.0 Å². The van der Waals surface area contributed by atoms with E-state index in [1.165, 1.54) is 32.4 Å². The predicted molar refractivity (Wildman–Crippen MR) is 110 cm³/mol. The molecule has 26 heavy (non-hydrogen) atoms. The molecular weight excluding hydrogens is 445 g/mol. The lowest BCUT2D eigenvalue weighted by atomic mass is 10.2. The lowest BCUT2D eigenvalue weighted by molar-refractivity contribution is 0.249. The number of guanidine groups is 1. The van der Waals surface area contributed by atoms with Gasteiger partial charge in [0, 0.05) is 26.2 Å². The Morgan fingerprint density at radius 3 is 2.96 bits per heavy atom. The first-order valence-electron chi connectivity index (χ1n) is 8.98. The van der Waals surface area contributed by atoms with Gasteiger partial charge in [0.25, 0.3) is 0 Å². The summed E-state index contributed by atoms with van der Waals surface area (Å²) in [6.45, 7) is 5.16. The number of furan rings is 1. The molecule has 4 heterocycles. The van der Waals surface area contributed by atoms with E-state index in [4.69, 9.17) is 4.42 Å². The van der Waals surface area contributed by atoms with Crippen molar-refractivity contribution in [2.24, 2.45) is 4.99 Å². The van der Waals surface area contributed by atoms with Gasteiger partial charge >= 0.3 is 0 Å². The van der Waals surface area contributed by atoms with Gasteiger partial charge in [-0.25, -0.2) is 4.98 Å². The maximum Gasteiger partial charge on any atom is 0.216 e. The van der Waals surface area contributed by atoms with E-state index in [0.717, 1.165) is 24.9 Å². The smallest absolute Gasteiger partial charge is 0.216 e. The quantitative estimate of drug-likeness (QED) is 0.403. The number of aromatic nitrogens is 3. The van der Waals surface area contributed by atoms with Gasteiger partial charge in [-0.05, 0) is 44.5 Å². The zero-order valence-corrected chi connectivity index (χ0v) is 17.3. The summed E-state index contributed by atoms with van der Waals surface area (Å²) in [5, 5.41) is 10.5. The van der Waals surface area contributed by atoms with Crippen molar-refractivity contribution in [2.45, 2.75) is 31.8 Å². The third-order valence-corrected chi connectivity index (χ3v) is 5.02. The molecular formula is C17H26IN7O. The van der Waals surface area contributed by atoms with E-state index in [-0.39, 0.29) is 24.0 Å². The van der Waals surface area contributed by atoms with Crippen molar-refractivity contribution in [3.8, 4) is 11.6 Å². The summed E-state index contributed by atoms with van der Waals surface area (Å²) in [6, 6.07) is 4.34. The third-order valence-electron chi connectivity index (χ3n) is 5.02. The fourth-order valence-electron chi connectivity index (χ4n) is 3.72. The molecule has 0 spiro atoms. The van der Waals surface area contributed by atoms with Gasteiger partial charge in [0.2, 0.25) is 5.82 Å². The molecule has 2 aliphatic rings. The highest BCUT2D eigenvalue weighted by Crippen LogP contribution is 2.20. The van der Waals surface area contributed by atoms with Gasteiger partial charge in [0.15, 0.2) is 11.7 Å². The Hall–Kier alpha value is -1.62. The van der Waals surface area contributed by atoms with E-state index in [1.54, 1.807) is 6.26 Å². The first-order chi connectivity index (χ1) is 12.3. The number of likely N-dealkylation sites (tertiary alicyclic amines) is 2. The number of hydrogen-bond acceptors (Lipinski definition) is 5. The monoisotopic (exact) mass is 471 g/mol. The molecule has 2 fully saturated rings. The van der Waals surface area contributed by atoms with E-state index in [0.29, 0.717) is 24.2 Å². The minimum absolute atomic E-state index is 0. The number of nitrogens with zero attached hydrogens (tertiary/aromatic N) is 5. The van der Waals surface area contributed by atoms with Crippen LogP contribution < -0.4 is 5.32 Å². The summed E-state index contributed by atoms with van der Waals surface area (Å²) < 4.78 is 5.32. The Balaban J connectivity index is 0.00000196. The Bertz CT molecular complexity index is 709. The van der Waals surface area contributed by atoms with Crippen LogP contribution in [-0.2, 0) is 6.54 Å². The fraction of sp³-hybridized carbons (Fsp3) is 0.588. The van der Waals surface area contributed by atoms with Crippen molar-refractivity contribution < 1.29 is 4.42 Å². The van der Waals surface area contributed by atoms with Crippen molar-refractivity contribution in [3.63, 3.8) is 0 Å². The van der Waals surface area contributed by atoms with Crippen LogP contribution in [0.2, 0.25) is 0 Å². The lowest BCUT2D eigenvalue weighted by Gasteiger charge is -2.25. The van der Waals surface area contributed by atoms with E-state index >= 15 is 0 Å². The van der Waals surface area contributed by atoms with Gasteiger partial charge in [-0.1, -0.05) is 0 Å². The van der Waals surface area contributed by atoms with Crippen LogP contribution in [0.4, 0.5) is 0 Å². The van der Waals surface area contributed by atoms with Crippen LogP contribution in [-0.4, -0.2) is 70.2 Å². The molecule has 0 aromatic carbocycles. The molecule has 2 aromatic heterocycles. The number of rotatable bonds is 4. The second-order valence-corrected chi connectivity index (χ2v) is 6.62. The molecule has 0 radical (unpaired) electrons. The number of aromatic amines is 1. The lowest BCUT2D eigenvalue weighted by Crippen LogP contribution is -2.42. The third kappa shape index (κ3) is 4.20. The SMILES string of the molecule is CN=C(NCc1nc(-c2ccco2)n[nH]1)N1CCC(N2CCCC2)C1.I. The minimum Gasteiger partial charge on any atom is -0.461 e. The van der Waals surface area contributed by atoms with Crippen LogP contribution >= 0.6 is 24.0 Å². The van der Waals surface area contributed by atoms with Crippen LogP contribution in [0.25, 0.3) is 11.6 Å². The molecule has 1 atom stereocenters. The number of halogens is 1. The molecule has 4 rings (SSSR count). The van der Waals surface area contributed by atoms with Crippen LogP contribution in [0, 0.1) is 0 Å². The Kier molecular flexibility index (Phi) is 6.52. The maximum atomic E-state index is 5.32. The molecule has 9 heteroatoms. The minimum atomic E-state index is 0. The van der Waals surface area contributed by atoms with Crippen LogP contribution in [0.1, 0.15) is 25.1 Å². The number of aliphatic imine (C=N–C) groups is 1. The Morgan fingerprint density at radius 2 is 2.23 bits per heavy atom. The highest BCUT2D eigenvalue weighted by molar-refractivity contribution is 14.0. The van der Waals surface area contributed by atoms with Crippen LogP contribution in [0.15, 0.2) is 27.8 Å². The molecule has 2 saturated heterocycles. The van der Waals surface area contributed by atoms with Crippen LogP contribution in [0.3, 0.4) is 0 Å². The van der Waals surface area contributed by atoms with Gasteiger partial charge in [-0.15, -0.1) is 29.1 Å². The Labute approximate surface area is 170 Å². The van der Waals surface area contributed by atoms with Gasteiger partial charge in [0.1, 0.15) is 5.82 Å². The number of hydrogen-bond donors (Lipinski definition) is 2. The molecule has 2 aromatic rings. The first kappa shape index (κ1) is 19.2. The van der Waals surface area contributed by atoms with Gasteiger partial charge in [-0.2, -0.15) is 0 Å². The first-order valence-corrected chi connectivity index (χ1v) is 8.98. The summed E-state index contributed by atoms with van der Waals surface area (Å²) in [7, 11) is 1.83. The summed E-state index contributed by atoms with van der Waals surface area (Å²) in [6.07, 6.45) is 5.52. The molecule has 1 unspecified atom stereocenters. The number of H-pyrrole nitrogens is 1. The van der Waals surface area contributed by atoms with Crippen molar-refractivity contribution in [1.82, 2.24) is 30.3 Å². The molecule has 0 amide bonds. The average molecular weight is 471 g/mol. The second kappa shape index (κ2) is 8.85. The summed E-state index contributed by atoms with van der Waals surface area (Å²) in [5.74, 6) is 2.94. The predicted octanol–water partition coefficient (Wildman–Crippen LogP) is 1.93. The normalized spacial score (nSPS) is 21.2. The maximum absolute atomic E-state index is 5.32. The molecule has 2 aliphatic heterocycles. The molecule has 142 valence electrons. The molecule has 0 saturated carbocycles. The van der Waals surface area contributed by atoms with Gasteiger partial charge < -0.3 is 14.6 Å². The van der Waals surface area contributed by atoms with E-state index < -0.39 is 0 Å². The van der Waals surface area contributed by atoms with Crippen molar-refractivity contribution in [2.75, 3.05) is 33.2 Å². The highest BCUT2D eigenvalue weighted by atomic mass is 127. The molecule has 0 aliphatic carbocycles. The van der Waals surface area contributed by atoms with Crippen molar-refractivity contribution >= 4 is 29.9 Å². The van der Waals surface area contributed by atoms with E-state index in [1.807, 2.05) is 19.2 Å². The second-order valence-electron chi connectivity index (χ2n) is 6.62. The standard InChI is InChI=1S/C17H25N7O.HI/c1-18-17(24-9-6-13(12-24)23-7-2-3-8-23)19-11-15-20-16(22-21-15)14-5-4-10-25-14;/h4-5,10,13H,2-3,6-9,11-12H2,1H3,(H,18,19)(H,20,21,22);1H. The molecule has 0 bridgehead atoms. The van der Waals surface area contributed by atoms with Crippen LogP contribution in [0.5, 0.6) is 0 Å². The van der Waals surface area contributed by atoms with E-state index in [2.05, 4.69) is 35.3 Å². The topological polar surface area (TPSA) is 85.6 Å². The van der Waals surface area contributed by atoms with Crippen molar-refractivity contribution in [3.05, 3.63) is 24.2 Å². The summed E-state index contributed by atoms with van der Waals surface area (Å²) in [5.41, 5.74) is 0. The average Bonchev–Trinajstić information content (AvgIpc) is 3.41. The highest BCUT2D eigenvalue weighted by Gasteiger charge is 2.30. The molecule has 2 N–H and O–H groups in total. The molecule has 8 nitrogen and oxygen atoms in total. The van der Waals surface area contributed by atoms with Gasteiger partial charge in [0.05, 0.1) is 12.8 Å². The zero-order chi connectivity index (χ0) is 17.1. The Morgan fingerprint density at radius 1 is 1.38 bits per heavy atom. The summed E-state index contributed by atoms with van der Waals surface area (Å²) in [4.78, 5) is 13.9. The largest absolute Gasteiger partial charge is 0.461 e. The van der Waals surface area contributed by atoms with Crippen molar-refractivity contribution in [1.29, 1.82) is 0 Å². The zero-order valence-electron chi connectivity index (χ0n) is 15.0. The fourth-order valence-corrected chi connectivity index (χ4v) is 3.72. The summed E-state index contributed by atoms with van der Waals surface area (Å²) >= 11 is 0. The number of nitrogens with one attached hydrogen (secondary N) is 2.